The standard InChI is InChI=1S/C14H12FN3/c1-18(12-5-3-11(15)4-6-12)14-8-10(9-16)2-7-13(14)17/h2-8H,17H2,1H3. The second-order valence-electron chi connectivity index (χ2n) is 3.92. The molecular weight excluding hydrogens is 229 g/mol. The lowest BCUT2D eigenvalue weighted by atomic mass is 10.1. The van der Waals surface area contributed by atoms with Crippen molar-refractivity contribution < 1.29 is 4.39 Å². The van der Waals surface area contributed by atoms with Gasteiger partial charge in [0.25, 0.3) is 0 Å². The van der Waals surface area contributed by atoms with Gasteiger partial charge >= 0.3 is 0 Å². The van der Waals surface area contributed by atoms with Crippen LogP contribution in [-0.4, -0.2) is 7.05 Å². The van der Waals surface area contributed by atoms with E-state index in [2.05, 4.69) is 6.07 Å². The zero-order chi connectivity index (χ0) is 13.1. The first-order chi connectivity index (χ1) is 8.61. The molecule has 0 aliphatic rings. The van der Waals surface area contributed by atoms with E-state index in [-0.39, 0.29) is 5.82 Å². The second-order valence-corrected chi connectivity index (χ2v) is 3.92. The van der Waals surface area contributed by atoms with Crippen molar-refractivity contribution in [3.63, 3.8) is 0 Å². The fourth-order valence-corrected chi connectivity index (χ4v) is 1.71. The normalized spacial score (nSPS) is 9.83. The van der Waals surface area contributed by atoms with E-state index in [4.69, 9.17) is 11.0 Å². The minimum absolute atomic E-state index is 0.286. The predicted molar refractivity (Wildman–Crippen MR) is 70.0 cm³/mol. The molecule has 0 aliphatic heterocycles. The minimum Gasteiger partial charge on any atom is -0.397 e. The maximum Gasteiger partial charge on any atom is 0.123 e. The van der Waals surface area contributed by atoms with Crippen LogP contribution in [0.5, 0.6) is 0 Å². The molecule has 0 fully saturated rings. The summed E-state index contributed by atoms with van der Waals surface area (Å²) >= 11 is 0. The van der Waals surface area contributed by atoms with Crippen LogP contribution in [0.15, 0.2) is 42.5 Å². The molecule has 2 aromatic rings. The van der Waals surface area contributed by atoms with E-state index in [1.54, 1.807) is 30.3 Å². The van der Waals surface area contributed by atoms with Crippen molar-refractivity contribution in [2.75, 3.05) is 17.7 Å². The highest BCUT2D eigenvalue weighted by molar-refractivity contribution is 5.75. The quantitative estimate of drug-likeness (QED) is 0.822. The lowest BCUT2D eigenvalue weighted by Crippen LogP contribution is -2.11. The Labute approximate surface area is 105 Å². The van der Waals surface area contributed by atoms with Crippen molar-refractivity contribution in [3.05, 3.63) is 53.8 Å². The molecule has 18 heavy (non-hydrogen) atoms. The van der Waals surface area contributed by atoms with Crippen LogP contribution in [-0.2, 0) is 0 Å². The number of nitrogens with two attached hydrogens (primary N) is 1. The average Bonchev–Trinajstić information content (AvgIpc) is 2.39. The first-order valence-corrected chi connectivity index (χ1v) is 5.41. The number of rotatable bonds is 2. The van der Waals surface area contributed by atoms with Crippen molar-refractivity contribution in [1.82, 2.24) is 0 Å². The Morgan fingerprint density at radius 3 is 2.44 bits per heavy atom. The first-order valence-electron chi connectivity index (χ1n) is 5.41. The van der Waals surface area contributed by atoms with Crippen molar-refractivity contribution >= 4 is 17.1 Å². The Bertz CT molecular complexity index is 599. The van der Waals surface area contributed by atoms with Crippen LogP contribution >= 0.6 is 0 Å². The molecule has 0 aromatic heterocycles. The molecule has 2 aromatic carbocycles. The van der Waals surface area contributed by atoms with Gasteiger partial charge in [0.05, 0.1) is 23.0 Å². The molecule has 0 saturated heterocycles. The molecule has 0 bridgehead atoms. The van der Waals surface area contributed by atoms with Gasteiger partial charge in [-0.3, -0.25) is 0 Å². The molecule has 0 spiro atoms. The summed E-state index contributed by atoms with van der Waals surface area (Å²) in [6.45, 7) is 0. The van der Waals surface area contributed by atoms with Gasteiger partial charge in [-0.2, -0.15) is 5.26 Å². The first kappa shape index (κ1) is 11.9. The number of hydrogen-bond acceptors (Lipinski definition) is 3. The van der Waals surface area contributed by atoms with Gasteiger partial charge in [0.15, 0.2) is 0 Å². The van der Waals surface area contributed by atoms with E-state index < -0.39 is 0 Å². The molecule has 0 unspecified atom stereocenters. The van der Waals surface area contributed by atoms with E-state index in [9.17, 15) is 4.39 Å². The number of hydrogen-bond donors (Lipinski definition) is 1. The van der Waals surface area contributed by atoms with Gasteiger partial charge in [0, 0.05) is 12.7 Å². The Hall–Kier alpha value is -2.54. The number of benzene rings is 2. The summed E-state index contributed by atoms with van der Waals surface area (Å²) in [6.07, 6.45) is 0. The van der Waals surface area contributed by atoms with Crippen LogP contribution in [0.2, 0.25) is 0 Å². The van der Waals surface area contributed by atoms with Crippen LogP contribution in [0.25, 0.3) is 0 Å². The summed E-state index contributed by atoms with van der Waals surface area (Å²) in [4.78, 5) is 1.82. The lowest BCUT2D eigenvalue weighted by Gasteiger charge is -2.21. The molecule has 0 saturated carbocycles. The van der Waals surface area contributed by atoms with E-state index in [0.717, 1.165) is 11.4 Å². The van der Waals surface area contributed by atoms with Crippen LogP contribution in [0.4, 0.5) is 21.5 Å². The molecule has 0 atom stereocenters. The molecule has 2 N–H and O–H groups in total. The minimum atomic E-state index is -0.286. The summed E-state index contributed by atoms with van der Waals surface area (Å²) < 4.78 is 12.9. The number of halogens is 1. The third kappa shape index (κ3) is 2.25. The largest absolute Gasteiger partial charge is 0.397 e. The third-order valence-corrected chi connectivity index (χ3v) is 2.73. The number of anilines is 3. The summed E-state index contributed by atoms with van der Waals surface area (Å²) in [5.41, 5.74) is 8.52. The summed E-state index contributed by atoms with van der Waals surface area (Å²) in [5, 5.41) is 8.88. The fraction of sp³-hybridized carbons (Fsp3) is 0.0714. The van der Waals surface area contributed by atoms with Gasteiger partial charge in [-0.1, -0.05) is 0 Å². The second kappa shape index (κ2) is 4.76. The number of nitrogens with zero attached hydrogens (tertiary/aromatic N) is 2. The SMILES string of the molecule is CN(c1ccc(F)cc1)c1cc(C#N)ccc1N. The van der Waals surface area contributed by atoms with Crippen LogP contribution < -0.4 is 10.6 Å². The van der Waals surface area contributed by atoms with E-state index in [1.165, 1.54) is 12.1 Å². The zero-order valence-corrected chi connectivity index (χ0v) is 9.89. The molecule has 0 radical (unpaired) electrons. The van der Waals surface area contributed by atoms with Gasteiger partial charge < -0.3 is 10.6 Å². The predicted octanol–water partition coefficient (Wildman–Crippen LogP) is 3.05. The Morgan fingerprint density at radius 2 is 1.83 bits per heavy atom. The van der Waals surface area contributed by atoms with Crippen molar-refractivity contribution in [1.29, 1.82) is 5.26 Å². The van der Waals surface area contributed by atoms with Gasteiger partial charge in [-0.15, -0.1) is 0 Å². The molecule has 0 heterocycles. The van der Waals surface area contributed by atoms with Crippen molar-refractivity contribution in [2.45, 2.75) is 0 Å². The molecule has 2 rings (SSSR count). The lowest BCUT2D eigenvalue weighted by molar-refractivity contribution is 0.628. The van der Waals surface area contributed by atoms with E-state index >= 15 is 0 Å². The van der Waals surface area contributed by atoms with Crippen LogP contribution in [0, 0.1) is 17.1 Å². The van der Waals surface area contributed by atoms with Crippen molar-refractivity contribution in [2.24, 2.45) is 0 Å². The highest BCUT2D eigenvalue weighted by atomic mass is 19.1. The highest BCUT2D eigenvalue weighted by Crippen LogP contribution is 2.29. The maximum atomic E-state index is 12.9. The molecule has 3 nitrogen and oxygen atoms in total. The smallest absolute Gasteiger partial charge is 0.123 e. The van der Waals surface area contributed by atoms with Crippen LogP contribution in [0.1, 0.15) is 5.56 Å². The molecule has 0 aliphatic carbocycles. The van der Waals surface area contributed by atoms with E-state index in [0.29, 0.717) is 11.3 Å². The summed E-state index contributed by atoms with van der Waals surface area (Å²) in [7, 11) is 1.82. The maximum absolute atomic E-state index is 12.9. The van der Waals surface area contributed by atoms with Crippen LogP contribution in [0.3, 0.4) is 0 Å². The third-order valence-electron chi connectivity index (χ3n) is 2.73. The zero-order valence-electron chi connectivity index (χ0n) is 9.89. The molecule has 90 valence electrons. The van der Waals surface area contributed by atoms with Crippen molar-refractivity contribution in [3.8, 4) is 6.07 Å². The monoisotopic (exact) mass is 241 g/mol. The molecular formula is C14H12FN3. The summed E-state index contributed by atoms with van der Waals surface area (Å²) in [6, 6.07) is 13.2. The van der Waals surface area contributed by atoms with Gasteiger partial charge in [-0.25, -0.2) is 4.39 Å². The highest BCUT2D eigenvalue weighted by Gasteiger charge is 2.08. The van der Waals surface area contributed by atoms with Gasteiger partial charge in [0.2, 0.25) is 0 Å². The van der Waals surface area contributed by atoms with Gasteiger partial charge in [0.1, 0.15) is 5.82 Å². The fourth-order valence-electron chi connectivity index (χ4n) is 1.71. The van der Waals surface area contributed by atoms with E-state index in [1.807, 2.05) is 11.9 Å². The number of nitriles is 1. The number of nitrogen functional groups attached to an aromatic ring is 1. The Kier molecular flexibility index (Phi) is 3.16. The van der Waals surface area contributed by atoms with Gasteiger partial charge in [-0.05, 0) is 42.5 Å². The topological polar surface area (TPSA) is 53.0 Å². The average molecular weight is 241 g/mol. The molecule has 0 amide bonds. The molecule has 4 heteroatoms. The Balaban J connectivity index is 2.42. The Morgan fingerprint density at radius 1 is 1.17 bits per heavy atom. The summed E-state index contributed by atoms with van der Waals surface area (Å²) in [5.74, 6) is -0.286.